The number of phenolic OH excluding ortho intramolecular Hbond substituents is 1. The highest BCUT2D eigenvalue weighted by Crippen LogP contribution is 2.27. The van der Waals surface area contributed by atoms with Crippen LogP contribution >= 0.6 is 28.3 Å². The van der Waals surface area contributed by atoms with E-state index in [1.165, 1.54) is 0 Å². The van der Waals surface area contributed by atoms with Crippen LogP contribution in [-0.4, -0.2) is 16.3 Å². The van der Waals surface area contributed by atoms with E-state index >= 15 is 0 Å². The molecule has 0 unspecified atom stereocenters. The van der Waals surface area contributed by atoms with Crippen molar-refractivity contribution in [1.82, 2.24) is 0 Å². The Balaban J connectivity index is 0.00000169. The maximum Gasteiger partial charge on any atom is 0.129 e. The van der Waals surface area contributed by atoms with E-state index in [1.54, 1.807) is 25.1 Å². The highest BCUT2D eigenvalue weighted by Gasteiger charge is 2.12. The van der Waals surface area contributed by atoms with Crippen LogP contribution in [0.1, 0.15) is 18.5 Å². The topological polar surface area (TPSA) is 66.5 Å². The summed E-state index contributed by atoms with van der Waals surface area (Å²) >= 11 is 3.18. The first-order valence-corrected chi connectivity index (χ1v) is 4.73. The van der Waals surface area contributed by atoms with Crippen LogP contribution < -0.4 is 5.73 Å². The van der Waals surface area contributed by atoms with Gasteiger partial charge in [0, 0.05) is 0 Å². The quantitative estimate of drug-likeness (QED) is 0.777. The molecule has 5 heteroatoms. The number of rotatable bonds is 2. The molecule has 14 heavy (non-hydrogen) atoms. The van der Waals surface area contributed by atoms with E-state index in [0.717, 1.165) is 5.56 Å². The minimum absolute atomic E-state index is 0. The van der Waals surface area contributed by atoms with E-state index in [0.29, 0.717) is 4.47 Å². The molecule has 80 valence electrons. The Labute approximate surface area is 97.5 Å². The Morgan fingerprint density at radius 2 is 2.00 bits per heavy atom. The molecule has 0 fully saturated rings. The van der Waals surface area contributed by atoms with Gasteiger partial charge in [0.05, 0.1) is 16.6 Å². The van der Waals surface area contributed by atoms with E-state index in [-0.39, 0.29) is 18.2 Å². The zero-order valence-electron chi connectivity index (χ0n) is 7.64. The molecule has 4 N–H and O–H groups in total. The van der Waals surface area contributed by atoms with E-state index < -0.39 is 12.1 Å². The summed E-state index contributed by atoms with van der Waals surface area (Å²) < 4.78 is 0.584. The lowest BCUT2D eigenvalue weighted by Crippen LogP contribution is -2.22. The third kappa shape index (κ3) is 3.13. The van der Waals surface area contributed by atoms with Crippen LogP contribution in [0.5, 0.6) is 5.75 Å². The molecule has 2 atom stereocenters. The van der Waals surface area contributed by atoms with Crippen LogP contribution in [0.3, 0.4) is 0 Å². The first-order valence-electron chi connectivity index (χ1n) is 3.94. The second kappa shape index (κ2) is 5.56. The monoisotopic (exact) mass is 281 g/mol. The molecular weight excluding hydrogens is 269 g/mol. The molecule has 0 aliphatic carbocycles. The van der Waals surface area contributed by atoms with Gasteiger partial charge in [0.2, 0.25) is 0 Å². The molecule has 0 amide bonds. The highest BCUT2D eigenvalue weighted by molar-refractivity contribution is 9.10. The molecule has 0 aromatic heterocycles. The summed E-state index contributed by atoms with van der Waals surface area (Å²) in [6.45, 7) is 1.63. The summed E-state index contributed by atoms with van der Waals surface area (Å²) in [5.41, 5.74) is 6.50. The fourth-order valence-electron chi connectivity index (χ4n) is 1.01. The Bertz CT molecular complexity index is 307. The van der Waals surface area contributed by atoms with Gasteiger partial charge in [0.25, 0.3) is 0 Å². The van der Waals surface area contributed by atoms with Gasteiger partial charge in [-0.2, -0.15) is 0 Å². The number of hydrogen-bond donors (Lipinski definition) is 3. The maximum atomic E-state index is 9.23. The second-order valence-corrected chi connectivity index (χ2v) is 3.83. The predicted molar refractivity (Wildman–Crippen MR) is 61.7 cm³/mol. The average Bonchev–Trinajstić information content (AvgIpc) is 2.08. The third-order valence-electron chi connectivity index (χ3n) is 1.88. The first kappa shape index (κ1) is 13.7. The Morgan fingerprint density at radius 1 is 1.43 bits per heavy atom. The van der Waals surface area contributed by atoms with Crippen molar-refractivity contribution in [3.63, 3.8) is 0 Å². The van der Waals surface area contributed by atoms with Gasteiger partial charge < -0.3 is 15.9 Å². The Hall–Kier alpha value is -0.290. The highest BCUT2D eigenvalue weighted by atomic mass is 79.9. The number of hydrogen-bond acceptors (Lipinski definition) is 3. The SMILES string of the molecule is C[C@H](O)[C@H](N)c1ccc(O)c(Br)c1.Cl. The zero-order valence-corrected chi connectivity index (χ0v) is 10.0. The van der Waals surface area contributed by atoms with E-state index in [2.05, 4.69) is 15.9 Å². The molecule has 0 saturated heterocycles. The van der Waals surface area contributed by atoms with Gasteiger partial charge in [0.1, 0.15) is 5.75 Å². The van der Waals surface area contributed by atoms with Crippen LogP contribution in [0.4, 0.5) is 0 Å². The van der Waals surface area contributed by atoms with Crippen LogP contribution in [-0.2, 0) is 0 Å². The molecule has 0 bridgehead atoms. The summed E-state index contributed by atoms with van der Waals surface area (Å²) in [6.07, 6.45) is -0.601. The fraction of sp³-hybridized carbons (Fsp3) is 0.333. The van der Waals surface area contributed by atoms with Crippen LogP contribution in [0.15, 0.2) is 22.7 Å². The summed E-state index contributed by atoms with van der Waals surface area (Å²) in [5.74, 6) is 0.168. The minimum Gasteiger partial charge on any atom is -0.507 e. The predicted octanol–water partition coefficient (Wildman–Crippen LogP) is 1.96. The van der Waals surface area contributed by atoms with Gasteiger partial charge in [-0.3, -0.25) is 0 Å². The lowest BCUT2D eigenvalue weighted by atomic mass is 10.0. The molecule has 1 aromatic carbocycles. The fourth-order valence-corrected chi connectivity index (χ4v) is 1.41. The van der Waals surface area contributed by atoms with Crippen molar-refractivity contribution < 1.29 is 10.2 Å². The molecule has 1 rings (SSSR count). The van der Waals surface area contributed by atoms with Crippen LogP contribution in [0, 0.1) is 0 Å². The van der Waals surface area contributed by atoms with Gasteiger partial charge in [-0.25, -0.2) is 0 Å². The average molecular weight is 283 g/mol. The molecule has 1 aromatic rings. The van der Waals surface area contributed by atoms with Gasteiger partial charge >= 0.3 is 0 Å². The van der Waals surface area contributed by atoms with Crippen LogP contribution in [0.2, 0.25) is 0 Å². The van der Waals surface area contributed by atoms with Crippen molar-refractivity contribution in [3.05, 3.63) is 28.2 Å². The van der Waals surface area contributed by atoms with E-state index in [9.17, 15) is 10.2 Å². The Morgan fingerprint density at radius 3 is 2.43 bits per heavy atom. The first-order chi connectivity index (χ1) is 6.02. The third-order valence-corrected chi connectivity index (χ3v) is 2.51. The molecular formula is C9H13BrClNO2. The van der Waals surface area contributed by atoms with Crippen molar-refractivity contribution in [2.24, 2.45) is 5.73 Å². The van der Waals surface area contributed by atoms with Crippen molar-refractivity contribution in [3.8, 4) is 5.75 Å². The van der Waals surface area contributed by atoms with Crippen molar-refractivity contribution in [2.45, 2.75) is 19.1 Å². The van der Waals surface area contributed by atoms with Gasteiger partial charge in [-0.1, -0.05) is 6.07 Å². The summed E-state index contributed by atoms with van der Waals surface area (Å²) in [6, 6.07) is 4.52. The van der Waals surface area contributed by atoms with Crippen molar-refractivity contribution >= 4 is 28.3 Å². The normalized spacial score (nSPS) is 14.3. The smallest absolute Gasteiger partial charge is 0.129 e. The van der Waals surface area contributed by atoms with Crippen molar-refractivity contribution in [1.29, 1.82) is 0 Å². The van der Waals surface area contributed by atoms with E-state index in [4.69, 9.17) is 5.73 Å². The molecule has 0 saturated carbocycles. The number of halogens is 2. The lowest BCUT2D eigenvalue weighted by Gasteiger charge is -2.15. The van der Waals surface area contributed by atoms with Crippen molar-refractivity contribution in [2.75, 3.05) is 0 Å². The molecule has 0 aliphatic rings. The van der Waals surface area contributed by atoms with Gasteiger partial charge in [0.15, 0.2) is 0 Å². The molecule has 0 heterocycles. The number of aliphatic hydroxyl groups is 1. The zero-order chi connectivity index (χ0) is 10.0. The lowest BCUT2D eigenvalue weighted by molar-refractivity contribution is 0.164. The number of aliphatic hydroxyl groups excluding tert-OH is 1. The number of aromatic hydroxyl groups is 1. The summed E-state index contributed by atoms with van der Waals surface area (Å²) in [4.78, 5) is 0. The molecule has 3 nitrogen and oxygen atoms in total. The number of phenols is 1. The maximum absolute atomic E-state index is 9.23. The van der Waals surface area contributed by atoms with Gasteiger partial charge in [-0.05, 0) is 40.5 Å². The van der Waals surface area contributed by atoms with Crippen LogP contribution in [0.25, 0.3) is 0 Å². The van der Waals surface area contributed by atoms with E-state index in [1.807, 2.05) is 0 Å². The standard InChI is InChI=1S/C9H12BrNO2.ClH/c1-5(12)9(11)6-2-3-8(13)7(10)4-6;/h2-5,9,12-13H,11H2,1H3;1H/t5-,9-;/m0./s1. The Kier molecular flexibility index (Phi) is 5.44. The largest absolute Gasteiger partial charge is 0.507 e. The number of benzene rings is 1. The van der Waals surface area contributed by atoms with Gasteiger partial charge in [-0.15, -0.1) is 12.4 Å². The molecule has 0 aliphatic heterocycles. The molecule has 0 radical (unpaired) electrons. The molecule has 0 spiro atoms. The number of nitrogens with two attached hydrogens (primary N) is 1. The summed E-state index contributed by atoms with van der Waals surface area (Å²) in [7, 11) is 0. The summed E-state index contributed by atoms with van der Waals surface area (Å²) in [5, 5.41) is 18.4. The second-order valence-electron chi connectivity index (χ2n) is 2.98. The minimum atomic E-state index is -0.601.